The number of nitrogens with one attached hydrogen (secondary N) is 2. The van der Waals surface area contributed by atoms with Gasteiger partial charge < -0.3 is 20.1 Å². The minimum Gasteiger partial charge on any atom is -0.381 e. The molecule has 1 aliphatic rings. The van der Waals surface area contributed by atoms with Crippen LogP contribution in [0.25, 0.3) is 0 Å². The number of nitrogens with zero attached hydrogens (tertiary/aromatic N) is 1. The molecule has 5 nitrogen and oxygen atoms in total. The van der Waals surface area contributed by atoms with Gasteiger partial charge >= 0.3 is 0 Å². The minimum atomic E-state index is -0.0127. The van der Waals surface area contributed by atoms with Crippen LogP contribution in [-0.4, -0.2) is 37.9 Å². The quantitative estimate of drug-likeness (QED) is 0.401. The van der Waals surface area contributed by atoms with E-state index < -0.39 is 0 Å². The second-order valence-electron chi connectivity index (χ2n) is 7.24. The third kappa shape index (κ3) is 8.87. The molecular weight excluding hydrogens is 429 g/mol. The molecule has 0 saturated carbocycles. The highest BCUT2D eigenvalue weighted by atomic mass is 127. The lowest BCUT2D eigenvalue weighted by molar-refractivity contribution is -0.0390. The number of guanidine groups is 1. The van der Waals surface area contributed by atoms with E-state index in [1.165, 1.54) is 11.1 Å². The summed E-state index contributed by atoms with van der Waals surface area (Å²) in [6, 6.07) is 8.51. The van der Waals surface area contributed by atoms with Gasteiger partial charge in [-0.15, -0.1) is 24.0 Å². The second-order valence-corrected chi connectivity index (χ2v) is 7.24. The maximum absolute atomic E-state index is 6.00. The van der Waals surface area contributed by atoms with Gasteiger partial charge in [0.25, 0.3) is 0 Å². The Morgan fingerprint density at radius 1 is 1.24 bits per heavy atom. The molecule has 1 aliphatic heterocycles. The first-order valence-corrected chi connectivity index (χ1v) is 8.72. The summed E-state index contributed by atoms with van der Waals surface area (Å²) in [5, 5.41) is 6.72. The molecule has 0 radical (unpaired) electrons. The highest BCUT2D eigenvalue weighted by molar-refractivity contribution is 14.0. The minimum absolute atomic E-state index is 0. The van der Waals surface area contributed by atoms with Crippen LogP contribution in [0.5, 0.6) is 0 Å². The van der Waals surface area contributed by atoms with Crippen LogP contribution in [0.4, 0.5) is 0 Å². The predicted molar refractivity (Wildman–Crippen MR) is 114 cm³/mol. The molecular formula is C19H32IN3O2. The third-order valence-corrected chi connectivity index (χ3v) is 3.82. The molecule has 25 heavy (non-hydrogen) atoms. The molecule has 1 aromatic rings. The summed E-state index contributed by atoms with van der Waals surface area (Å²) in [4.78, 5) is 4.27. The van der Waals surface area contributed by atoms with Crippen LogP contribution in [-0.2, 0) is 22.6 Å². The molecule has 0 unspecified atom stereocenters. The van der Waals surface area contributed by atoms with Gasteiger partial charge in [-0.1, -0.05) is 24.3 Å². The lowest BCUT2D eigenvalue weighted by Gasteiger charge is -2.24. The summed E-state index contributed by atoms with van der Waals surface area (Å²) < 4.78 is 11.4. The summed E-state index contributed by atoms with van der Waals surface area (Å²) >= 11 is 0. The Hall–Kier alpha value is -0.860. The number of aliphatic imine (C=N–C) groups is 1. The molecule has 0 aromatic heterocycles. The third-order valence-electron chi connectivity index (χ3n) is 3.82. The summed E-state index contributed by atoms with van der Waals surface area (Å²) in [7, 11) is 1.79. The first-order valence-electron chi connectivity index (χ1n) is 8.72. The Kier molecular flexibility index (Phi) is 9.74. The zero-order valence-corrected chi connectivity index (χ0v) is 18.1. The fourth-order valence-corrected chi connectivity index (χ4v) is 2.61. The molecule has 0 aliphatic carbocycles. The van der Waals surface area contributed by atoms with Crippen molar-refractivity contribution in [3.05, 3.63) is 35.4 Å². The number of rotatable bonds is 5. The smallest absolute Gasteiger partial charge is 0.191 e. The van der Waals surface area contributed by atoms with Crippen molar-refractivity contribution >= 4 is 29.9 Å². The fourth-order valence-electron chi connectivity index (χ4n) is 2.61. The van der Waals surface area contributed by atoms with E-state index in [-0.39, 0.29) is 29.5 Å². The van der Waals surface area contributed by atoms with E-state index in [4.69, 9.17) is 9.47 Å². The van der Waals surface area contributed by atoms with Gasteiger partial charge in [0, 0.05) is 32.3 Å². The lowest BCUT2D eigenvalue weighted by Crippen LogP contribution is -2.47. The van der Waals surface area contributed by atoms with E-state index in [0.717, 1.165) is 38.6 Å². The standard InChI is InChI=1S/C19H31N3O2.HI/c1-19(2,3)22-18(20-4)21-13-15-6-5-7-16(12-15)14-24-17-8-10-23-11-9-17;/h5-7,12,17H,8-11,13-14H2,1-4H3,(H2,20,21,22);1H. The molecule has 2 rings (SSSR count). The van der Waals surface area contributed by atoms with Crippen molar-refractivity contribution in [1.29, 1.82) is 0 Å². The van der Waals surface area contributed by atoms with Crippen LogP contribution in [0.3, 0.4) is 0 Å². The number of hydrogen-bond acceptors (Lipinski definition) is 3. The summed E-state index contributed by atoms with van der Waals surface area (Å²) in [6.07, 6.45) is 2.32. The average molecular weight is 461 g/mol. The van der Waals surface area contributed by atoms with Gasteiger partial charge in [-0.2, -0.15) is 0 Å². The normalized spacial score (nSPS) is 16.2. The van der Waals surface area contributed by atoms with Crippen LogP contribution < -0.4 is 10.6 Å². The molecule has 0 bridgehead atoms. The topological polar surface area (TPSA) is 54.9 Å². The van der Waals surface area contributed by atoms with Gasteiger partial charge in [0.15, 0.2) is 5.96 Å². The van der Waals surface area contributed by atoms with E-state index in [9.17, 15) is 0 Å². The average Bonchev–Trinajstić information content (AvgIpc) is 2.57. The van der Waals surface area contributed by atoms with Crippen molar-refractivity contribution in [3.63, 3.8) is 0 Å². The highest BCUT2D eigenvalue weighted by Crippen LogP contribution is 2.14. The second kappa shape index (κ2) is 11.0. The molecule has 1 saturated heterocycles. The predicted octanol–water partition coefficient (Wildman–Crippen LogP) is 3.46. The molecule has 142 valence electrons. The van der Waals surface area contributed by atoms with E-state index >= 15 is 0 Å². The lowest BCUT2D eigenvalue weighted by atomic mass is 10.1. The van der Waals surface area contributed by atoms with Crippen molar-refractivity contribution in [2.75, 3.05) is 20.3 Å². The zero-order valence-electron chi connectivity index (χ0n) is 15.8. The van der Waals surface area contributed by atoms with Gasteiger partial charge in [-0.25, -0.2) is 0 Å². The molecule has 2 N–H and O–H groups in total. The van der Waals surface area contributed by atoms with E-state index in [1.54, 1.807) is 7.05 Å². The van der Waals surface area contributed by atoms with Crippen molar-refractivity contribution in [2.45, 2.75) is 58.4 Å². The fraction of sp³-hybridized carbons (Fsp3) is 0.632. The van der Waals surface area contributed by atoms with Crippen LogP contribution >= 0.6 is 24.0 Å². The van der Waals surface area contributed by atoms with Crippen molar-refractivity contribution in [3.8, 4) is 0 Å². The number of hydrogen-bond donors (Lipinski definition) is 2. The first-order chi connectivity index (χ1) is 11.5. The Balaban J connectivity index is 0.00000312. The Morgan fingerprint density at radius 3 is 2.56 bits per heavy atom. The largest absolute Gasteiger partial charge is 0.381 e. The van der Waals surface area contributed by atoms with Gasteiger partial charge in [0.05, 0.1) is 12.7 Å². The van der Waals surface area contributed by atoms with Crippen LogP contribution in [0.1, 0.15) is 44.7 Å². The Labute approximate surface area is 169 Å². The number of benzene rings is 1. The maximum atomic E-state index is 6.00. The van der Waals surface area contributed by atoms with E-state index in [2.05, 4.69) is 60.7 Å². The molecule has 1 aromatic carbocycles. The number of ether oxygens (including phenoxy) is 2. The van der Waals surface area contributed by atoms with E-state index in [0.29, 0.717) is 12.7 Å². The van der Waals surface area contributed by atoms with Crippen LogP contribution in [0, 0.1) is 0 Å². The SMILES string of the molecule is CN=C(NCc1cccc(COC2CCOCC2)c1)NC(C)(C)C.I. The summed E-state index contributed by atoms with van der Waals surface area (Å²) in [6.45, 7) is 9.38. The molecule has 1 fully saturated rings. The van der Waals surface area contributed by atoms with Gasteiger partial charge in [-0.3, -0.25) is 4.99 Å². The van der Waals surface area contributed by atoms with Crippen molar-refractivity contribution < 1.29 is 9.47 Å². The Morgan fingerprint density at radius 2 is 1.92 bits per heavy atom. The van der Waals surface area contributed by atoms with Crippen LogP contribution in [0.15, 0.2) is 29.3 Å². The monoisotopic (exact) mass is 461 g/mol. The summed E-state index contributed by atoms with van der Waals surface area (Å²) in [5.41, 5.74) is 2.42. The maximum Gasteiger partial charge on any atom is 0.191 e. The van der Waals surface area contributed by atoms with Crippen molar-refractivity contribution in [1.82, 2.24) is 10.6 Å². The van der Waals surface area contributed by atoms with Gasteiger partial charge in [0.1, 0.15) is 0 Å². The molecule has 0 amide bonds. The van der Waals surface area contributed by atoms with E-state index in [1.807, 2.05) is 0 Å². The van der Waals surface area contributed by atoms with Crippen LogP contribution in [0.2, 0.25) is 0 Å². The zero-order chi connectivity index (χ0) is 17.4. The first kappa shape index (κ1) is 22.2. The van der Waals surface area contributed by atoms with Crippen molar-refractivity contribution in [2.24, 2.45) is 4.99 Å². The van der Waals surface area contributed by atoms with Gasteiger partial charge in [0.2, 0.25) is 0 Å². The molecule has 0 spiro atoms. The summed E-state index contributed by atoms with van der Waals surface area (Å²) in [5.74, 6) is 0.811. The molecule has 1 heterocycles. The Bertz CT molecular complexity index is 538. The molecule has 0 atom stereocenters. The number of halogens is 1. The molecule has 6 heteroatoms. The van der Waals surface area contributed by atoms with Gasteiger partial charge in [-0.05, 0) is 44.7 Å². The highest BCUT2D eigenvalue weighted by Gasteiger charge is 2.14.